The van der Waals surface area contributed by atoms with Crippen molar-refractivity contribution >= 4 is 21.2 Å². The van der Waals surface area contributed by atoms with Gasteiger partial charge in [0.25, 0.3) is 0 Å². The molecule has 0 aliphatic heterocycles. The topological polar surface area (TPSA) is 47.0 Å². The Labute approximate surface area is 70.0 Å². The summed E-state index contributed by atoms with van der Waals surface area (Å²) < 4.78 is 21.4. The Morgan fingerprint density at radius 2 is 2.36 bits per heavy atom. The summed E-state index contributed by atoms with van der Waals surface area (Å²) in [6, 6.07) is 0. The summed E-state index contributed by atoms with van der Waals surface area (Å²) in [6.45, 7) is 0. The molecule has 0 bridgehead atoms. The molecule has 1 aromatic heterocycles. The largest absolute Gasteiger partial charge is 0.250 e. The van der Waals surface area contributed by atoms with Crippen LogP contribution in [0, 0.1) is 0 Å². The van der Waals surface area contributed by atoms with Gasteiger partial charge in [0.2, 0.25) is 0 Å². The van der Waals surface area contributed by atoms with Gasteiger partial charge in [-0.05, 0) is 0 Å². The smallest absolute Gasteiger partial charge is 0.147 e. The number of nitrogens with zero attached hydrogens (tertiary/aromatic N) is 1. The second-order valence-corrected chi connectivity index (χ2v) is 5.34. The molecule has 1 aromatic rings. The second-order valence-electron chi connectivity index (χ2n) is 2.36. The number of sulfone groups is 1. The van der Waals surface area contributed by atoms with E-state index in [4.69, 9.17) is 0 Å². The number of thiazole rings is 1. The summed E-state index contributed by atoms with van der Waals surface area (Å²) in [6.07, 6.45) is 1.77. The van der Waals surface area contributed by atoms with Crippen LogP contribution < -0.4 is 0 Å². The molecule has 0 saturated heterocycles. The normalized spacial score (nSPS) is 11.7. The fraction of sp³-hybridized carbons (Fsp3) is 0.500. The first-order valence-electron chi connectivity index (χ1n) is 3.13. The first-order chi connectivity index (χ1) is 5.08. The van der Waals surface area contributed by atoms with Crippen molar-refractivity contribution in [1.29, 1.82) is 0 Å². The lowest BCUT2D eigenvalue weighted by molar-refractivity contribution is 0.601. The zero-order valence-electron chi connectivity index (χ0n) is 6.15. The van der Waals surface area contributed by atoms with E-state index in [9.17, 15) is 8.42 Å². The van der Waals surface area contributed by atoms with Crippen molar-refractivity contribution in [3.8, 4) is 0 Å². The maximum Gasteiger partial charge on any atom is 0.147 e. The van der Waals surface area contributed by atoms with Crippen LogP contribution in [0.1, 0.15) is 5.69 Å². The SMILES string of the molecule is CS(=O)(=O)CCc1cscn1. The van der Waals surface area contributed by atoms with Gasteiger partial charge in [0, 0.05) is 18.1 Å². The van der Waals surface area contributed by atoms with Crippen LogP contribution >= 0.6 is 11.3 Å². The highest BCUT2D eigenvalue weighted by atomic mass is 32.2. The molecule has 0 atom stereocenters. The van der Waals surface area contributed by atoms with Crippen LogP contribution in [0.2, 0.25) is 0 Å². The molecule has 0 spiro atoms. The molecule has 11 heavy (non-hydrogen) atoms. The van der Waals surface area contributed by atoms with Gasteiger partial charge in [0.1, 0.15) is 9.84 Å². The van der Waals surface area contributed by atoms with E-state index in [2.05, 4.69) is 4.98 Å². The van der Waals surface area contributed by atoms with Gasteiger partial charge in [0.05, 0.1) is 17.0 Å². The fourth-order valence-corrected chi connectivity index (χ4v) is 1.82. The van der Waals surface area contributed by atoms with Gasteiger partial charge in [-0.1, -0.05) is 0 Å². The summed E-state index contributed by atoms with van der Waals surface area (Å²) in [5, 5.41) is 1.87. The Morgan fingerprint density at radius 1 is 1.64 bits per heavy atom. The molecule has 0 fully saturated rings. The number of aryl methyl sites for hydroxylation is 1. The zero-order chi connectivity index (χ0) is 8.32. The molecule has 62 valence electrons. The van der Waals surface area contributed by atoms with Gasteiger partial charge in [-0.3, -0.25) is 0 Å². The molecule has 0 aromatic carbocycles. The monoisotopic (exact) mass is 191 g/mol. The maximum absolute atomic E-state index is 10.7. The van der Waals surface area contributed by atoms with Gasteiger partial charge in [-0.2, -0.15) is 0 Å². The highest BCUT2D eigenvalue weighted by Gasteiger charge is 2.03. The summed E-state index contributed by atoms with van der Waals surface area (Å²) >= 11 is 1.48. The van der Waals surface area contributed by atoms with E-state index in [0.29, 0.717) is 6.42 Å². The minimum Gasteiger partial charge on any atom is -0.250 e. The summed E-state index contributed by atoms with van der Waals surface area (Å²) in [7, 11) is -2.84. The highest BCUT2D eigenvalue weighted by Crippen LogP contribution is 2.02. The lowest BCUT2D eigenvalue weighted by Crippen LogP contribution is -2.05. The van der Waals surface area contributed by atoms with E-state index in [-0.39, 0.29) is 5.75 Å². The molecule has 0 amide bonds. The number of hydrogen-bond acceptors (Lipinski definition) is 4. The van der Waals surface area contributed by atoms with Crippen LogP contribution in [0.5, 0.6) is 0 Å². The van der Waals surface area contributed by atoms with Crippen molar-refractivity contribution in [3.05, 3.63) is 16.6 Å². The quantitative estimate of drug-likeness (QED) is 0.707. The Balaban J connectivity index is 2.48. The van der Waals surface area contributed by atoms with Crippen molar-refractivity contribution in [3.63, 3.8) is 0 Å². The molecule has 0 radical (unpaired) electrons. The standard InChI is InChI=1S/C6H9NO2S2/c1-11(8,9)3-2-6-4-10-5-7-6/h4-5H,2-3H2,1H3. The summed E-state index contributed by atoms with van der Waals surface area (Å²) in [5.41, 5.74) is 2.57. The van der Waals surface area contributed by atoms with Gasteiger partial charge in [0.15, 0.2) is 0 Å². The van der Waals surface area contributed by atoms with Crippen LogP contribution in [-0.2, 0) is 16.3 Å². The minimum atomic E-state index is -2.84. The molecule has 0 saturated carbocycles. The molecular weight excluding hydrogens is 182 g/mol. The second kappa shape index (κ2) is 3.32. The predicted octanol–water partition coefficient (Wildman–Crippen LogP) is 0.730. The van der Waals surface area contributed by atoms with Crippen molar-refractivity contribution in [1.82, 2.24) is 4.98 Å². The minimum absolute atomic E-state index is 0.191. The Hall–Kier alpha value is -0.420. The molecule has 1 heterocycles. The van der Waals surface area contributed by atoms with Crippen molar-refractivity contribution in [2.24, 2.45) is 0 Å². The van der Waals surface area contributed by atoms with Crippen molar-refractivity contribution in [2.75, 3.05) is 12.0 Å². The average molecular weight is 191 g/mol. The van der Waals surface area contributed by atoms with E-state index < -0.39 is 9.84 Å². The molecule has 0 aliphatic rings. The number of rotatable bonds is 3. The summed E-state index contributed by atoms with van der Waals surface area (Å²) in [5.74, 6) is 0.191. The molecular formula is C6H9NO2S2. The lowest BCUT2D eigenvalue weighted by Gasteiger charge is -1.93. The van der Waals surface area contributed by atoms with Crippen LogP contribution in [-0.4, -0.2) is 25.4 Å². The third kappa shape index (κ3) is 3.48. The highest BCUT2D eigenvalue weighted by molar-refractivity contribution is 7.90. The van der Waals surface area contributed by atoms with E-state index in [1.54, 1.807) is 5.51 Å². The van der Waals surface area contributed by atoms with Crippen LogP contribution in [0.4, 0.5) is 0 Å². The Kier molecular flexibility index (Phi) is 2.62. The van der Waals surface area contributed by atoms with E-state index >= 15 is 0 Å². The zero-order valence-corrected chi connectivity index (χ0v) is 7.78. The van der Waals surface area contributed by atoms with Crippen LogP contribution in [0.3, 0.4) is 0 Å². The fourth-order valence-electron chi connectivity index (χ4n) is 0.651. The van der Waals surface area contributed by atoms with Gasteiger partial charge >= 0.3 is 0 Å². The summed E-state index contributed by atoms with van der Waals surface area (Å²) in [4.78, 5) is 3.97. The van der Waals surface area contributed by atoms with Gasteiger partial charge in [-0.25, -0.2) is 13.4 Å². The number of hydrogen-bond donors (Lipinski definition) is 0. The average Bonchev–Trinajstić information content (AvgIpc) is 2.32. The van der Waals surface area contributed by atoms with E-state index in [1.807, 2.05) is 5.38 Å². The van der Waals surface area contributed by atoms with E-state index in [1.165, 1.54) is 17.6 Å². The lowest BCUT2D eigenvalue weighted by atomic mass is 10.4. The Morgan fingerprint density at radius 3 is 2.82 bits per heavy atom. The van der Waals surface area contributed by atoms with Crippen molar-refractivity contribution < 1.29 is 8.42 Å². The predicted molar refractivity (Wildman–Crippen MR) is 45.5 cm³/mol. The molecule has 1 rings (SSSR count). The third-order valence-corrected chi connectivity index (χ3v) is 2.79. The number of aromatic nitrogens is 1. The van der Waals surface area contributed by atoms with Crippen LogP contribution in [0.25, 0.3) is 0 Å². The molecule has 0 unspecified atom stereocenters. The molecule has 3 nitrogen and oxygen atoms in total. The first-order valence-corrected chi connectivity index (χ1v) is 6.13. The van der Waals surface area contributed by atoms with E-state index in [0.717, 1.165) is 5.69 Å². The molecule has 0 N–H and O–H groups in total. The van der Waals surface area contributed by atoms with Crippen molar-refractivity contribution in [2.45, 2.75) is 6.42 Å². The molecule has 0 aliphatic carbocycles. The third-order valence-electron chi connectivity index (χ3n) is 1.21. The van der Waals surface area contributed by atoms with Gasteiger partial charge < -0.3 is 0 Å². The van der Waals surface area contributed by atoms with Gasteiger partial charge in [-0.15, -0.1) is 11.3 Å². The first kappa shape index (κ1) is 8.67. The molecule has 5 heteroatoms. The van der Waals surface area contributed by atoms with Crippen LogP contribution in [0.15, 0.2) is 10.9 Å². The Bertz CT molecular complexity index is 301. The maximum atomic E-state index is 10.7.